The molecule has 9 nitrogen and oxygen atoms in total. The van der Waals surface area contributed by atoms with Crippen LogP contribution in [0.2, 0.25) is 10.0 Å². The van der Waals surface area contributed by atoms with Gasteiger partial charge in [0.2, 0.25) is 0 Å². The molecular weight excluding hydrogens is 557 g/mol. The number of aryl methyl sites for hydroxylation is 2. The summed E-state index contributed by atoms with van der Waals surface area (Å²) in [7, 11) is 0. The number of nitrogens with one attached hydrogen (secondary N) is 2. The molecule has 5 amide bonds. The second kappa shape index (κ2) is 12.2. The Morgan fingerprint density at radius 1 is 0.975 bits per heavy atom. The van der Waals surface area contributed by atoms with Crippen molar-refractivity contribution in [2.24, 2.45) is 0 Å². The predicted molar refractivity (Wildman–Crippen MR) is 153 cm³/mol. The SMILES string of the molecule is CCOc1ccc(N2C(=O)NC(=O)/C(=C\c3cc(Cl)c(OCC(=O)Nc4ccc(C)cc4C)c(Cl)c3)C2=O)cc1. The van der Waals surface area contributed by atoms with E-state index in [0.29, 0.717) is 23.6 Å². The maximum Gasteiger partial charge on any atom is 0.335 e. The minimum absolute atomic E-state index is 0.0572. The van der Waals surface area contributed by atoms with Gasteiger partial charge >= 0.3 is 6.03 Å². The van der Waals surface area contributed by atoms with E-state index in [1.807, 2.05) is 32.9 Å². The standard InChI is InChI=1S/C29H25Cl2N3O6/c1-4-39-20-8-6-19(7-9-20)34-28(37)21(27(36)33-29(34)38)12-18-13-22(30)26(23(31)14-18)40-15-25(35)32-24-10-5-16(2)11-17(24)3/h5-14H,4,15H2,1-3H3,(H,32,35)(H,33,36,38)/b21-12+. The van der Waals surface area contributed by atoms with Gasteiger partial charge in [-0.05, 0) is 80.4 Å². The molecule has 3 aromatic carbocycles. The van der Waals surface area contributed by atoms with Crippen LogP contribution in [0.5, 0.6) is 11.5 Å². The molecule has 0 bridgehead atoms. The first-order chi connectivity index (χ1) is 19.1. The first kappa shape index (κ1) is 28.7. The van der Waals surface area contributed by atoms with Crippen molar-refractivity contribution in [2.75, 3.05) is 23.4 Å². The van der Waals surface area contributed by atoms with Crippen LogP contribution in [0.3, 0.4) is 0 Å². The van der Waals surface area contributed by atoms with Gasteiger partial charge in [-0.25, -0.2) is 9.69 Å². The van der Waals surface area contributed by atoms with Crippen LogP contribution in [-0.2, 0) is 14.4 Å². The number of halogens is 2. The van der Waals surface area contributed by atoms with E-state index in [1.54, 1.807) is 18.2 Å². The van der Waals surface area contributed by atoms with Crippen LogP contribution >= 0.6 is 23.2 Å². The van der Waals surface area contributed by atoms with E-state index in [1.165, 1.54) is 30.3 Å². The van der Waals surface area contributed by atoms with Crippen LogP contribution in [0.15, 0.2) is 60.2 Å². The number of carbonyl (C=O) groups excluding carboxylic acids is 4. The molecule has 0 atom stereocenters. The summed E-state index contributed by atoms with van der Waals surface area (Å²) < 4.78 is 11.0. The zero-order chi connectivity index (χ0) is 29.0. The molecule has 0 radical (unpaired) electrons. The summed E-state index contributed by atoms with van der Waals surface area (Å²) >= 11 is 12.7. The number of ether oxygens (including phenoxy) is 2. The second-order valence-electron chi connectivity index (χ2n) is 8.85. The van der Waals surface area contributed by atoms with Crippen LogP contribution in [0, 0.1) is 13.8 Å². The zero-order valence-electron chi connectivity index (χ0n) is 21.8. The number of nitrogens with zero attached hydrogens (tertiary/aromatic N) is 1. The van der Waals surface area contributed by atoms with Gasteiger partial charge in [0.05, 0.1) is 22.3 Å². The average molecular weight is 582 g/mol. The van der Waals surface area contributed by atoms with E-state index in [2.05, 4.69) is 10.6 Å². The van der Waals surface area contributed by atoms with Crippen molar-refractivity contribution >= 4 is 64.4 Å². The molecule has 0 unspecified atom stereocenters. The summed E-state index contributed by atoms with van der Waals surface area (Å²) in [4.78, 5) is 51.5. The van der Waals surface area contributed by atoms with Gasteiger partial charge in [0, 0.05) is 5.69 Å². The predicted octanol–water partition coefficient (Wildman–Crippen LogP) is 5.69. The van der Waals surface area contributed by atoms with E-state index >= 15 is 0 Å². The lowest BCUT2D eigenvalue weighted by Gasteiger charge is -2.26. The highest BCUT2D eigenvalue weighted by molar-refractivity contribution is 6.40. The number of amides is 5. The minimum atomic E-state index is -0.879. The van der Waals surface area contributed by atoms with Gasteiger partial charge in [-0.1, -0.05) is 40.9 Å². The maximum atomic E-state index is 13.2. The summed E-state index contributed by atoms with van der Waals surface area (Å²) in [6.45, 7) is 5.78. The number of benzene rings is 3. The topological polar surface area (TPSA) is 114 Å². The van der Waals surface area contributed by atoms with Crippen molar-refractivity contribution < 1.29 is 28.7 Å². The molecule has 40 heavy (non-hydrogen) atoms. The Bertz CT molecular complexity index is 1510. The Hall–Kier alpha value is -4.34. The fraction of sp³-hybridized carbons (Fsp3) is 0.172. The molecule has 2 N–H and O–H groups in total. The van der Waals surface area contributed by atoms with Crippen molar-refractivity contribution in [3.63, 3.8) is 0 Å². The highest BCUT2D eigenvalue weighted by Crippen LogP contribution is 2.35. The maximum absolute atomic E-state index is 13.2. The number of hydrogen-bond acceptors (Lipinski definition) is 6. The molecule has 1 fully saturated rings. The molecule has 4 rings (SSSR count). The molecule has 1 heterocycles. The van der Waals surface area contributed by atoms with E-state index in [4.69, 9.17) is 32.7 Å². The van der Waals surface area contributed by atoms with Crippen molar-refractivity contribution in [3.05, 3.63) is 86.9 Å². The third kappa shape index (κ3) is 6.44. The summed E-state index contributed by atoms with van der Waals surface area (Å²) in [5.74, 6) is -1.47. The molecule has 11 heteroatoms. The van der Waals surface area contributed by atoms with Crippen LogP contribution in [-0.4, -0.2) is 37.0 Å². The lowest BCUT2D eigenvalue weighted by Crippen LogP contribution is -2.54. The van der Waals surface area contributed by atoms with Gasteiger partial charge in [0.15, 0.2) is 12.4 Å². The Kier molecular flexibility index (Phi) is 8.77. The quantitative estimate of drug-likeness (QED) is 0.261. The van der Waals surface area contributed by atoms with Crippen molar-refractivity contribution in [2.45, 2.75) is 20.8 Å². The van der Waals surface area contributed by atoms with Crippen molar-refractivity contribution in [1.82, 2.24) is 5.32 Å². The normalized spacial score (nSPS) is 14.3. The van der Waals surface area contributed by atoms with Crippen LogP contribution in [0.1, 0.15) is 23.6 Å². The summed E-state index contributed by atoms with van der Waals surface area (Å²) in [5.41, 5.74) is 2.90. The first-order valence-corrected chi connectivity index (χ1v) is 13.0. The molecule has 0 saturated carbocycles. The molecule has 1 saturated heterocycles. The summed E-state index contributed by atoms with van der Waals surface area (Å²) in [5, 5.41) is 5.05. The largest absolute Gasteiger partial charge is 0.494 e. The third-order valence-electron chi connectivity index (χ3n) is 5.84. The van der Waals surface area contributed by atoms with Gasteiger partial charge in [0.1, 0.15) is 11.3 Å². The Morgan fingerprint density at radius 3 is 2.27 bits per heavy atom. The van der Waals surface area contributed by atoms with Gasteiger partial charge in [0.25, 0.3) is 17.7 Å². The lowest BCUT2D eigenvalue weighted by molar-refractivity contribution is -0.122. The number of anilines is 2. The lowest BCUT2D eigenvalue weighted by atomic mass is 10.1. The van der Waals surface area contributed by atoms with E-state index < -0.39 is 23.8 Å². The molecule has 0 spiro atoms. The highest BCUT2D eigenvalue weighted by Gasteiger charge is 2.37. The molecule has 0 aliphatic carbocycles. The van der Waals surface area contributed by atoms with Crippen LogP contribution in [0.25, 0.3) is 6.08 Å². The Balaban J connectivity index is 1.51. The van der Waals surface area contributed by atoms with Crippen molar-refractivity contribution in [3.8, 4) is 11.5 Å². The smallest absolute Gasteiger partial charge is 0.335 e. The van der Waals surface area contributed by atoms with Gasteiger partial charge in [-0.15, -0.1) is 0 Å². The number of barbiturate groups is 1. The van der Waals surface area contributed by atoms with Crippen LogP contribution in [0.4, 0.5) is 16.2 Å². The summed E-state index contributed by atoms with van der Waals surface area (Å²) in [6.07, 6.45) is 1.26. The number of urea groups is 1. The number of rotatable bonds is 8. The molecule has 206 valence electrons. The van der Waals surface area contributed by atoms with E-state index in [-0.39, 0.29) is 33.7 Å². The minimum Gasteiger partial charge on any atom is -0.494 e. The van der Waals surface area contributed by atoms with Gasteiger partial charge in [-0.2, -0.15) is 0 Å². The summed E-state index contributed by atoms with van der Waals surface area (Å²) in [6, 6.07) is 13.9. The molecule has 0 aromatic heterocycles. The third-order valence-corrected chi connectivity index (χ3v) is 6.40. The number of imide groups is 2. The number of carbonyl (C=O) groups is 4. The zero-order valence-corrected chi connectivity index (χ0v) is 23.4. The Morgan fingerprint density at radius 2 is 1.65 bits per heavy atom. The van der Waals surface area contributed by atoms with Crippen molar-refractivity contribution in [1.29, 1.82) is 0 Å². The average Bonchev–Trinajstić information content (AvgIpc) is 2.89. The highest BCUT2D eigenvalue weighted by atomic mass is 35.5. The monoisotopic (exact) mass is 581 g/mol. The first-order valence-electron chi connectivity index (χ1n) is 12.2. The fourth-order valence-corrected chi connectivity index (χ4v) is 4.61. The molecule has 1 aliphatic heterocycles. The van der Waals surface area contributed by atoms with Gasteiger partial charge < -0.3 is 14.8 Å². The molecule has 3 aromatic rings. The molecular formula is C29H25Cl2N3O6. The van der Waals surface area contributed by atoms with E-state index in [9.17, 15) is 19.2 Å². The molecule has 1 aliphatic rings. The second-order valence-corrected chi connectivity index (χ2v) is 9.67. The van der Waals surface area contributed by atoms with E-state index in [0.717, 1.165) is 16.0 Å². The van der Waals surface area contributed by atoms with Crippen LogP contribution < -0.4 is 25.0 Å². The van der Waals surface area contributed by atoms with Gasteiger partial charge in [-0.3, -0.25) is 19.7 Å². The number of hydrogen-bond donors (Lipinski definition) is 2. The fourth-order valence-electron chi connectivity index (χ4n) is 4.00. The Labute approximate surface area is 240 Å².